The minimum Gasteiger partial charge on any atom is -0.354 e. The number of nitrogens with two attached hydrogens (primary N) is 1. The second-order valence-electron chi connectivity index (χ2n) is 5.11. The second kappa shape index (κ2) is 7.92. The van der Waals surface area contributed by atoms with Crippen molar-refractivity contribution in [2.75, 3.05) is 20.1 Å². The van der Waals surface area contributed by atoms with Gasteiger partial charge in [0, 0.05) is 12.6 Å². The largest absolute Gasteiger partial charge is 0.354 e. The second-order valence-corrected chi connectivity index (χ2v) is 5.11. The van der Waals surface area contributed by atoms with Crippen molar-refractivity contribution in [2.24, 2.45) is 5.73 Å². The van der Waals surface area contributed by atoms with Crippen LogP contribution in [0.2, 0.25) is 0 Å². The number of hydrogen-bond donors (Lipinski definition) is 2. The van der Waals surface area contributed by atoms with E-state index < -0.39 is 6.04 Å². The standard InChI is InChI=1S/C15H25N3O/c1-12(2)18(3)11-7-10-17-15(19)14(16)13-8-5-4-6-9-13/h4-6,8-9,12,14H,7,10-11,16H2,1-3H3,(H,17,19)/t14-/m0/s1. The molecule has 0 radical (unpaired) electrons. The molecule has 0 aromatic heterocycles. The molecule has 0 saturated carbocycles. The lowest BCUT2D eigenvalue weighted by atomic mass is 10.1. The maximum Gasteiger partial charge on any atom is 0.241 e. The van der Waals surface area contributed by atoms with Crippen LogP contribution in [0.5, 0.6) is 0 Å². The molecule has 0 aliphatic heterocycles. The van der Waals surface area contributed by atoms with Crippen LogP contribution in [-0.4, -0.2) is 37.0 Å². The number of nitrogens with zero attached hydrogens (tertiary/aromatic N) is 1. The predicted octanol–water partition coefficient (Wildman–Crippen LogP) is 1.53. The summed E-state index contributed by atoms with van der Waals surface area (Å²) < 4.78 is 0. The van der Waals surface area contributed by atoms with Crippen LogP contribution in [0.25, 0.3) is 0 Å². The van der Waals surface area contributed by atoms with Crippen molar-refractivity contribution in [3.8, 4) is 0 Å². The Labute approximate surface area is 116 Å². The summed E-state index contributed by atoms with van der Waals surface area (Å²) >= 11 is 0. The summed E-state index contributed by atoms with van der Waals surface area (Å²) in [6.45, 7) is 5.95. The zero-order valence-electron chi connectivity index (χ0n) is 12.1. The van der Waals surface area contributed by atoms with Crippen molar-refractivity contribution in [3.05, 3.63) is 35.9 Å². The minimum atomic E-state index is -0.580. The van der Waals surface area contributed by atoms with Gasteiger partial charge >= 0.3 is 0 Å². The first-order valence-corrected chi connectivity index (χ1v) is 6.81. The summed E-state index contributed by atoms with van der Waals surface area (Å²) in [5, 5.41) is 2.88. The molecule has 0 fully saturated rings. The average molecular weight is 263 g/mol. The van der Waals surface area contributed by atoms with Crippen LogP contribution in [0.4, 0.5) is 0 Å². The van der Waals surface area contributed by atoms with E-state index in [-0.39, 0.29) is 5.91 Å². The average Bonchev–Trinajstić information content (AvgIpc) is 2.43. The van der Waals surface area contributed by atoms with Gasteiger partial charge in [-0.25, -0.2) is 0 Å². The summed E-state index contributed by atoms with van der Waals surface area (Å²) in [5.74, 6) is -0.113. The van der Waals surface area contributed by atoms with E-state index in [9.17, 15) is 4.79 Å². The fraction of sp³-hybridized carbons (Fsp3) is 0.533. The monoisotopic (exact) mass is 263 g/mol. The summed E-state index contributed by atoms with van der Waals surface area (Å²) in [6, 6.07) is 9.38. The molecule has 1 amide bonds. The van der Waals surface area contributed by atoms with E-state index in [0.29, 0.717) is 12.6 Å². The first-order chi connectivity index (χ1) is 9.02. The normalized spacial score (nSPS) is 12.7. The molecule has 0 spiro atoms. The Hall–Kier alpha value is -1.39. The summed E-state index contributed by atoms with van der Waals surface area (Å²) in [7, 11) is 2.09. The fourth-order valence-electron chi connectivity index (χ4n) is 1.72. The summed E-state index contributed by atoms with van der Waals surface area (Å²) in [6.07, 6.45) is 0.932. The van der Waals surface area contributed by atoms with Crippen LogP contribution < -0.4 is 11.1 Å². The first-order valence-electron chi connectivity index (χ1n) is 6.81. The predicted molar refractivity (Wildman–Crippen MR) is 78.8 cm³/mol. The number of carbonyl (C=O) groups excluding carboxylic acids is 1. The summed E-state index contributed by atoms with van der Waals surface area (Å²) in [5.41, 5.74) is 6.75. The maximum atomic E-state index is 11.9. The molecule has 1 aromatic carbocycles. The fourth-order valence-corrected chi connectivity index (χ4v) is 1.72. The zero-order valence-corrected chi connectivity index (χ0v) is 12.1. The van der Waals surface area contributed by atoms with Crippen LogP contribution in [0.1, 0.15) is 31.9 Å². The van der Waals surface area contributed by atoms with Crippen molar-refractivity contribution >= 4 is 5.91 Å². The van der Waals surface area contributed by atoms with E-state index in [4.69, 9.17) is 5.73 Å². The van der Waals surface area contributed by atoms with Gasteiger partial charge in [-0.15, -0.1) is 0 Å². The van der Waals surface area contributed by atoms with Crippen LogP contribution in [0, 0.1) is 0 Å². The van der Waals surface area contributed by atoms with Crippen LogP contribution in [-0.2, 0) is 4.79 Å². The SMILES string of the molecule is CC(C)N(C)CCCNC(=O)[C@@H](N)c1ccccc1. The smallest absolute Gasteiger partial charge is 0.241 e. The van der Waals surface area contributed by atoms with Gasteiger partial charge in [-0.2, -0.15) is 0 Å². The van der Waals surface area contributed by atoms with Gasteiger partial charge in [0.05, 0.1) is 0 Å². The molecule has 0 aliphatic carbocycles. The number of hydrogen-bond acceptors (Lipinski definition) is 3. The van der Waals surface area contributed by atoms with Gasteiger partial charge in [-0.05, 0) is 39.4 Å². The lowest BCUT2D eigenvalue weighted by Gasteiger charge is -2.21. The van der Waals surface area contributed by atoms with E-state index >= 15 is 0 Å². The van der Waals surface area contributed by atoms with Gasteiger partial charge in [0.25, 0.3) is 0 Å². The Morgan fingerprint density at radius 1 is 1.32 bits per heavy atom. The highest BCUT2D eigenvalue weighted by molar-refractivity contribution is 5.82. The van der Waals surface area contributed by atoms with E-state index in [1.54, 1.807) is 0 Å². The number of rotatable bonds is 7. The van der Waals surface area contributed by atoms with Crippen LogP contribution in [0.15, 0.2) is 30.3 Å². The Morgan fingerprint density at radius 2 is 1.95 bits per heavy atom. The molecule has 1 aromatic rings. The molecule has 1 atom stereocenters. The van der Waals surface area contributed by atoms with E-state index in [0.717, 1.165) is 18.5 Å². The lowest BCUT2D eigenvalue weighted by molar-refractivity contribution is -0.122. The Balaban J connectivity index is 2.28. The van der Waals surface area contributed by atoms with Gasteiger partial charge in [0.1, 0.15) is 6.04 Å². The molecule has 1 rings (SSSR count). The minimum absolute atomic E-state index is 0.113. The highest BCUT2D eigenvalue weighted by atomic mass is 16.2. The van der Waals surface area contributed by atoms with Crippen molar-refractivity contribution in [1.29, 1.82) is 0 Å². The molecule has 0 bridgehead atoms. The number of carbonyl (C=O) groups is 1. The molecule has 4 heteroatoms. The molecule has 4 nitrogen and oxygen atoms in total. The van der Waals surface area contributed by atoms with Crippen molar-refractivity contribution < 1.29 is 4.79 Å². The summed E-state index contributed by atoms with van der Waals surface area (Å²) in [4.78, 5) is 14.1. The molecule has 3 N–H and O–H groups in total. The number of nitrogens with one attached hydrogen (secondary N) is 1. The first kappa shape index (κ1) is 15.7. The molecule has 0 heterocycles. The van der Waals surface area contributed by atoms with Gasteiger partial charge < -0.3 is 16.0 Å². The highest BCUT2D eigenvalue weighted by Gasteiger charge is 2.14. The van der Waals surface area contributed by atoms with Crippen LogP contribution in [0.3, 0.4) is 0 Å². The topological polar surface area (TPSA) is 58.4 Å². The highest BCUT2D eigenvalue weighted by Crippen LogP contribution is 2.08. The molecule has 0 unspecified atom stereocenters. The van der Waals surface area contributed by atoms with Crippen LogP contribution >= 0.6 is 0 Å². The number of benzene rings is 1. The lowest BCUT2D eigenvalue weighted by Crippen LogP contribution is -2.36. The molecule has 19 heavy (non-hydrogen) atoms. The van der Waals surface area contributed by atoms with Crippen molar-refractivity contribution in [3.63, 3.8) is 0 Å². The molecule has 0 aliphatic rings. The third kappa shape index (κ3) is 5.41. The third-order valence-electron chi connectivity index (χ3n) is 3.31. The third-order valence-corrected chi connectivity index (χ3v) is 3.31. The molecular weight excluding hydrogens is 238 g/mol. The Bertz CT molecular complexity index is 378. The molecule has 0 saturated heterocycles. The molecule has 106 valence electrons. The van der Waals surface area contributed by atoms with Gasteiger partial charge in [0.15, 0.2) is 0 Å². The van der Waals surface area contributed by atoms with E-state index in [2.05, 4.69) is 31.1 Å². The van der Waals surface area contributed by atoms with Crippen molar-refractivity contribution in [1.82, 2.24) is 10.2 Å². The molecular formula is C15H25N3O. The van der Waals surface area contributed by atoms with E-state index in [1.165, 1.54) is 0 Å². The Morgan fingerprint density at radius 3 is 2.53 bits per heavy atom. The van der Waals surface area contributed by atoms with Gasteiger partial charge in [-0.1, -0.05) is 30.3 Å². The Kier molecular flexibility index (Phi) is 6.53. The van der Waals surface area contributed by atoms with E-state index in [1.807, 2.05) is 30.3 Å². The van der Waals surface area contributed by atoms with Crippen molar-refractivity contribution in [2.45, 2.75) is 32.4 Å². The maximum absolute atomic E-state index is 11.9. The number of amides is 1. The van der Waals surface area contributed by atoms with Gasteiger partial charge in [0.2, 0.25) is 5.91 Å². The quantitative estimate of drug-likeness (QED) is 0.734. The zero-order chi connectivity index (χ0) is 14.3. The van der Waals surface area contributed by atoms with Gasteiger partial charge in [-0.3, -0.25) is 4.79 Å².